The van der Waals surface area contributed by atoms with Crippen molar-refractivity contribution in [2.24, 2.45) is 5.73 Å². The van der Waals surface area contributed by atoms with Crippen LogP contribution in [0.5, 0.6) is 5.75 Å². The summed E-state index contributed by atoms with van der Waals surface area (Å²) in [4.78, 5) is 35.0. The topological polar surface area (TPSA) is 222 Å². The second-order valence-electron chi connectivity index (χ2n) is 15.0. The van der Waals surface area contributed by atoms with Gasteiger partial charge in [-0.3, -0.25) is 14.1 Å². The number of pyridine rings is 1. The number of sulfonamides is 1. The van der Waals surface area contributed by atoms with E-state index in [4.69, 9.17) is 55.9 Å². The van der Waals surface area contributed by atoms with E-state index in [9.17, 15) is 18.0 Å². The minimum Gasteiger partial charge on any atom is -0.726 e. The third-order valence-corrected chi connectivity index (χ3v) is 12.1. The number of para-hydroxylation sites is 1. The Balaban J connectivity index is 0.00000131. The zero-order valence-corrected chi connectivity index (χ0v) is 35.2. The van der Waals surface area contributed by atoms with Gasteiger partial charge in [0, 0.05) is 61.1 Å². The molecule has 0 radical (unpaired) electrons. The maximum Gasteiger partial charge on any atom is 0.244 e. The largest absolute Gasteiger partial charge is 0.726 e. The highest BCUT2D eigenvalue weighted by atomic mass is 35.5. The Morgan fingerprint density at radius 3 is 2.27 bits per heavy atom. The molecular formula is C36H50Cl2N6O10S2. The number of halogens is 2. The summed E-state index contributed by atoms with van der Waals surface area (Å²) in [5.41, 5.74) is 7.63. The number of hydrogen-bond donors (Lipinski definition) is 3. The van der Waals surface area contributed by atoms with Gasteiger partial charge in [0.2, 0.25) is 32.2 Å². The molecule has 56 heavy (non-hydrogen) atoms. The Hall–Kier alpha value is -3.17. The molecule has 0 spiro atoms. The molecule has 4 N–H and O–H groups in total. The van der Waals surface area contributed by atoms with Gasteiger partial charge in [0.15, 0.2) is 0 Å². The van der Waals surface area contributed by atoms with E-state index in [1.165, 1.54) is 12.1 Å². The number of fused-ring (bicyclic) bond motifs is 1. The Morgan fingerprint density at radius 2 is 1.66 bits per heavy atom. The van der Waals surface area contributed by atoms with E-state index < -0.39 is 32.0 Å². The van der Waals surface area contributed by atoms with E-state index >= 15 is 0 Å². The molecule has 5 rings (SSSR count). The second kappa shape index (κ2) is 18.6. The summed E-state index contributed by atoms with van der Waals surface area (Å²) in [6, 6.07) is 9.78. The average Bonchev–Trinajstić information content (AvgIpc) is 3.10. The van der Waals surface area contributed by atoms with Crippen molar-refractivity contribution in [1.29, 1.82) is 0 Å². The van der Waals surface area contributed by atoms with Crippen molar-refractivity contribution in [3.63, 3.8) is 0 Å². The number of aromatic nitrogens is 1. The number of nitrogens with one attached hydrogen (secondary N) is 1. The number of carbonyl (C=O) groups excluding carboxylic acids is 2. The molecule has 2 amide bonds. The highest BCUT2D eigenvalue weighted by molar-refractivity contribution is 7.89. The minimum atomic E-state index is -4.92. The molecule has 2 saturated heterocycles. The minimum absolute atomic E-state index is 0.102. The first-order chi connectivity index (χ1) is 26.0. The Bertz CT molecular complexity index is 2110. The SMILES string of the molecule is Cc1cc(C)c2cccc(OCc3c(Cl)ccc(S(=O)(=O)NC4(C(=O)N5CCN(C(=O)[C@@H](N)CCC[N+](C)(C)C)CC5)CCOCC4)c3Cl)c2n1.O=S(=O)([O-])O. The highest BCUT2D eigenvalue weighted by Gasteiger charge is 2.47. The zero-order chi connectivity index (χ0) is 41.6. The van der Waals surface area contributed by atoms with Crippen molar-refractivity contribution in [2.45, 2.75) is 62.6 Å². The number of nitrogens with two attached hydrogens (primary N) is 1. The molecule has 3 heterocycles. The number of ether oxygens (including phenoxy) is 2. The predicted octanol–water partition coefficient (Wildman–Crippen LogP) is 3.05. The van der Waals surface area contributed by atoms with Crippen LogP contribution in [0.25, 0.3) is 10.9 Å². The van der Waals surface area contributed by atoms with Gasteiger partial charge >= 0.3 is 0 Å². The maximum absolute atomic E-state index is 14.2. The van der Waals surface area contributed by atoms with Crippen molar-refractivity contribution in [3.8, 4) is 5.75 Å². The van der Waals surface area contributed by atoms with E-state index in [-0.39, 0.29) is 78.1 Å². The van der Waals surface area contributed by atoms with Gasteiger partial charge in [0.1, 0.15) is 28.3 Å². The monoisotopic (exact) mass is 860 g/mol. The smallest absolute Gasteiger partial charge is 0.244 e. The average molecular weight is 862 g/mol. The van der Waals surface area contributed by atoms with Crippen LogP contribution >= 0.6 is 23.2 Å². The quantitative estimate of drug-likeness (QED) is 0.136. The summed E-state index contributed by atoms with van der Waals surface area (Å²) in [6.07, 6.45) is 1.68. The lowest BCUT2D eigenvalue weighted by molar-refractivity contribution is -0.870. The van der Waals surface area contributed by atoms with Gasteiger partial charge in [-0.05, 0) is 69.4 Å². The first-order valence-electron chi connectivity index (χ1n) is 17.9. The predicted molar refractivity (Wildman–Crippen MR) is 211 cm³/mol. The van der Waals surface area contributed by atoms with Gasteiger partial charge in [0.25, 0.3) is 0 Å². The third kappa shape index (κ3) is 12.2. The number of benzene rings is 2. The molecule has 0 aliphatic carbocycles. The number of nitrogens with zero attached hydrogens (tertiary/aromatic N) is 4. The van der Waals surface area contributed by atoms with Crippen LogP contribution in [0.2, 0.25) is 10.0 Å². The van der Waals surface area contributed by atoms with Crippen LogP contribution in [0, 0.1) is 13.8 Å². The molecule has 0 unspecified atom stereocenters. The van der Waals surface area contributed by atoms with Gasteiger partial charge in [-0.15, -0.1) is 0 Å². The third-order valence-electron chi connectivity index (χ3n) is 9.57. The molecule has 310 valence electrons. The van der Waals surface area contributed by atoms with Crippen LogP contribution in [0.4, 0.5) is 0 Å². The summed E-state index contributed by atoms with van der Waals surface area (Å²) in [5, 5.41) is 1.07. The van der Waals surface area contributed by atoms with Crippen LogP contribution in [0.1, 0.15) is 42.5 Å². The number of amides is 2. The van der Waals surface area contributed by atoms with Gasteiger partial charge in [-0.25, -0.2) is 21.8 Å². The summed E-state index contributed by atoms with van der Waals surface area (Å²) >= 11 is 13.3. The number of quaternary nitrogens is 1. The van der Waals surface area contributed by atoms with E-state index in [0.717, 1.165) is 34.1 Å². The number of aryl methyl sites for hydroxylation is 2. The van der Waals surface area contributed by atoms with Crippen molar-refractivity contribution in [2.75, 3.05) is 67.1 Å². The molecule has 2 aromatic carbocycles. The Labute approximate surface area is 338 Å². The van der Waals surface area contributed by atoms with Crippen molar-refractivity contribution in [3.05, 3.63) is 63.3 Å². The van der Waals surface area contributed by atoms with Crippen molar-refractivity contribution >= 4 is 66.3 Å². The molecular weight excluding hydrogens is 811 g/mol. The van der Waals surface area contributed by atoms with Gasteiger partial charge < -0.3 is 34.0 Å². The second-order valence-corrected chi connectivity index (χ2v) is 18.3. The molecule has 20 heteroatoms. The fourth-order valence-corrected chi connectivity index (χ4v) is 9.01. The molecule has 2 aliphatic rings. The number of hydrogen-bond acceptors (Lipinski definition) is 11. The lowest BCUT2D eigenvalue weighted by Gasteiger charge is -2.43. The van der Waals surface area contributed by atoms with E-state index in [2.05, 4.69) is 30.8 Å². The summed E-state index contributed by atoms with van der Waals surface area (Å²) in [5.74, 6) is 0.00807. The van der Waals surface area contributed by atoms with Gasteiger partial charge in [-0.2, -0.15) is 4.72 Å². The standard InChI is InChI=1S/C36H49Cl2N6O6S.H2O4S/c1-24-22-25(2)40-33-26(24)8-6-10-30(33)50-23-27-28(37)11-12-31(32(27)38)51(47,48)41-36(13-20-49-21-14-36)35(46)43-17-15-42(16-18-43)34(45)29(39)9-7-19-44(3,4)5;1-5(2,3)4/h6,8,10-12,22,29,41H,7,9,13-21,23,39H2,1-5H3;(H2,1,2,3,4)/q+1;/p-1/t29-;/m0./s1. The van der Waals surface area contributed by atoms with Gasteiger partial charge in [0.05, 0.1) is 38.8 Å². The van der Waals surface area contributed by atoms with Crippen LogP contribution in [0.15, 0.2) is 41.3 Å². The van der Waals surface area contributed by atoms with E-state index in [0.29, 0.717) is 30.8 Å². The number of piperazine rings is 1. The Kier molecular flexibility index (Phi) is 15.1. The lowest BCUT2D eigenvalue weighted by Crippen LogP contribution is -2.64. The molecule has 0 saturated carbocycles. The fourth-order valence-electron chi connectivity index (χ4n) is 6.71. The van der Waals surface area contributed by atoms with Crippen LogP contribution < -0.4 is 15.2 Å². The zero-order valence-electron chi connectivity index (χ0n) is 32.1. The highest BCUT2D eigenvalue weighted by Crippen LogP contribution is 2.35. The summed E-state index contributed by atoms with van der Waals surface area (Å²) in [6.45, 7) is 6.21. The number of carbonyl (C=O) groups is 2. The molecule has 3 aromatic rings. The summed E-state index contributed by atoms with van der Waals surface area (Å²) < 4.78 is 76.2. The lowest BCUT2D eigenvalue weighted by atomic mass is 9.89. The Morgan fingerprint density at radius 1 is 1.05 bits per heavy atom. The first-order valence-corrected chi connectivity index (χ1v) is 21.5. The van der Waals surface area contributed by atoms with E-state index in [1.54, 1.807) is 15.9 Å². The van der Waals surface area contributed by atoms with Crippen molar-refractivity contribution < 1.29 is 49.5 Å². The molecule has 1 atom stereocenters. The summed E-state index contributed by atoms with van der Waals surface area (Å²) in [7, 11) is -2.98. The molecule has 0 bridgehead atoms. The van der Waals surface area contributed by atoms with Crippen LogP contribution in [-0.2, 0) is 41.4 Å². The maximum atomic E-state index is 14.2. The normalized spacial score (nSPS) is 16.9. The van der Waals surface area contributed by atoms with Crippen LogP contribution in [-0.4, -0.2) is 136 Å². The van der Waals surface area contributed by atoms with Crippen molar-refractivity contribution in [1.82, 2.24) is 19.5 Å². The molecule has 16 nitrogen and oxygen atoms in total. The molecule has 1 aromatic heterocycles. The fraction of sp³-hybridized carbons (Fsp3) is 0.528. The van der Waals surface area contributed by atoms with Crippen LogP contribution in [0.3, 0.4) is 0 Å². The van der Waals surface area contributed by atoms with E-state index in [1.807, 2.05) is 32.0 Å². The molecule has 2 fully saturated rings. The number of rotatable bonds is 12. The molecule has 2 aliphatic heterocycles. The first kappa shape index (κ1) is 45.5. The van der Waals surface area contributed by atoms with Gasteiger partial charge in [-0.1, -0.05) is 35.3 Å².